The minimum absolute atomic E-state index is 0.0559. The van der Waals surface area contributed by atoms with Crippen LogP contribution in [0.2, 0.25) is 0 Å². The van der Waals surface area contributed by atoms with Crippen LogP contribution in [0, 0.1) is 6.92 Å². The van der Waals surface area contributed by atoms with Crippen molar-refractivity contribution in [3.05, 3.63) is 45.4 Å². The Morgan fingerprint density at radius 2 is 2.11 bits per heavy atom. The van der Waals surface area contributed by atoms with Crippen molar-refractivity contribution in [3.8, 4) is 0 Å². The van der Waals surface area contributed by atoms with Gasteiger partial charge in [0.2, 0.25) is 5.91 Å². The maximum atomic E-state index is 12.8. The van der Waals surface area contributed by atoms with Gasteiger partial charge >= 0.3 is 0 Å². The van der Waals surface area contributed by atoms with E-state index in [1.54, 1.807) is 17.9 Å². The number of halogens is 2. The second-order valence-corrected chi connectivity index (χ2v) is 7.54. The summed E-state index contributed by atoms with van der Waals surface area (Å²) in [6, 6.07) is 2.91. The van der Waals surface area contributed by atoms with Gasteiger partial charge in [-0.25, -0.2) is 8.78 Å². The Kier molecular flexibility index (Phi) is 4.99. The number of aryl methyl sites for hydroxylation is 2. The van der Waals surface area contributed by atoms with Gasteiger partial charge < -0.3 is 9.47 Å². The lowest BCUT2D eigenvalue weighted by atomic mass is 9.94. The molecule has 0 aliphatic carbocycles. The Bertz CT molecular complexity index is 952. The maximum absolute atomic E-state index is 12.8. The van der Waals surface area contributed by atoms with Gasteiger partial charge in [0, 0.05) is 49.4 Å². The summed E-state index contributed by atoms with van der Waals surface area (Å²) in [5, 5.41) is 3.85. The van der Waals surface area contributed by atoms with E-state index in [-0.39, 0.29) is 29.6 Å². The largest absolute Gasteiger partial charge is 0.340 e. The first kappa shape index (κ1) is 18.8. The number of hydrogen-bond donors (Lipinski definition) is 0. The number of carbonyl (C=O) groups is 1. The van der Waals surface area contributed by atoms with E-state index in [9.17, 15) is 18.4 Å². The summed E-state index contributed by atoms with van der Waals surface area (Å²) in [6.45, 7) is 3.60. The molecule has 0 saturated carbocycles. The highest BCUT2D eigenvalue weighted by molar-refractivity contribution is 5.76. The predicted octanol–water partition coefficient (Wildman–Crippen LogP) is 2.04. The Labute approximate surface area is 161 Å². The molecule has 28 heavy (non-hydrogen) atoms. The van der Waals surface area contributed by atoms with E-state index in [0.717, 1.165) is 43.7 Å². The summed E-state index contributed by atoms with van der Waals surface area (Å²) >= 11 is 0. The average Bonchev–Trinajstić information content (AvgIpc) is 3.28. The molecule has 7 nitrogen and oxygen atoms in total. The molecule has 2 aromatic rings. The average molecular weight is 391 g/mol. The first-order valence-corrected chi connectivity index (χ1v) is 9.63. The lowest BCUT2D eigenvalue weighted by Gasteiger charge is -2.34. The van der Waals surface area contributed by atoms with E-state index < -0.39 is 6.43 Å². The van der Waals surface area contributed by atoms with Gasteiger partial charge in [-0.2, -0.15) is 10.1 Å². The molecule has 0 bridgehead atoms. The highest BCUT2D eigenvalue weighted by atomic mass is 19.3. The van der Waals surface area contributed by atoms with Crippen LogP contribution in [-0.4, -0.2) is 43.2 Å². The van der Waals surface area contributed by atoms with Gasteiger partial charge in [-0.15, -0.1) is 0 Å². The maximum Gasteiger partial charge on any atom is 0.282 e. The van der Waals surface area contributed by atoms with E-state index in [0.29, 0.717) is 18.8 Å². The third-order valence-electron chi connectivity index (χ3n) is 5.62. The molecule has 1 atom stereocenters. The normalized spacial score (nSPS) is 19.3. The van der Waals surface area contributed by atoms with Crippen LogP contribution in [0.5, 0.6) is 0 Å². The number of piperidine rings is 1. The number of nitrogens with zero attached hydrogens (tertiary/aromatic N) is 5. The Morgan fingerprint density at radius 3 is 2.86 bits per heavy atom. The molecule has 150 valence electrons. The summed E-state index contributed by atoms with van der Waals surface area (Å²) in [4.78, 5) is 30.6. The highest BCUT2D eigenvalue weighted by Crippen LogP contribution is 2.29. The Morgan fingerprint density at radius 1 is 1.29 bits per heavy atom. The Balaban J connectivity index is 1.50. The van der Waals surface area contributed by atoms with Crippen LogP contribution in [0.15, 0.2) is 16.9 Å². The van der Waals surface area contributed by atoms with Gasteiger partial charge in [-0.05, 0) is 32.3 Å². The molecule has 4 heterocycles. The van der Waals surface area contributed by atoms with Gasteiger partial charge in [0.1, 0.15) is 18.1 Å². The smallest absolute Gasteiger partial charge is 0.282 e. The lowest BCUT2D eigenvalue weighted by Crippen LogP contribution is -2.42. The van der Waals surface area contributed by atoms with Gasteiger partial charge in [0.15, 0.2) is 0 Å². The lowest BCUT2D eigenvalue weighted by molar-refractivity contribution is -0.133. The fourth-order valence-electron chi connectivity index (χ4n) is 4.23. The van der Waals surface area contributed by atoms with Crippen LogP contribution >= 0.6 is 0 Å². The first-order chi connectivity index (χ1) is 13.4. The van der Waals surface area contributed by atoms with Crippen LogP contribution in [0.1, 0.15) is 54.5 Å². The van der Waals surface area contributed by atoms with Crippen molar-refractivity contribution in [1.82, 2.24) is 24.2 Å². The van der Waals surface area contributed by atoms with Crippen LogP contribution in [0.25, 0.3) is 0 Å². The number of carbonyl (C=O) groups excluding carboxylic acids is 1. The van der Waals surface area contributed by atoms with E-state index in [4.69, 9.17) is 0 Å². The predicted molar refractivity (Wildman–Crippen MR) is 97.3 cm³/mol. The standard InChI is InChI=1S/C19H23F2N5O2/c1-12-8-14(19(20)21)23-26(12)11-18(28)24-6-2-4-13(10-24)15-9-17(27)22-16-5-3-7-25(15)16/h8-9,13,19H,2-7,10-11H2,1H3/t13-/m1/s1. The fraction of sp³-hybridized carbons (Fsp3) is 0.579. The van der Waals surface area contributed by atoms with Gasteiger partial charge in [0.25, 0.3) is 12.0 Å². The van der Waals surface area contributed by atoms with Crippen LogP contribution < -0.4 is 5.56 Å². The number of amides is 1. The first-order valence-electron chi connectivity index (χ1n) is 9.63. The van der Waals surface area contributed by atoms with Crippen molar-refractivity contribution < 1.29 is 13.6 Å². The van der Waals surface area contributed by atoms with E-state index >= 15 is 0 Å². The number of likely N-dealkylation sites (tertiary alicyclic amines) is 1. The van der Waals surface area contributed by atoms with E-state index in [1.807, 2.05) is 0 Å². The molecule has 2 aromatic heterocycles. The molecule has 0 radical (unpaired) electrons. The molecule has 1 fully saturated rings. The molecule has 4 rings (SSSR count). The number of hydrogen-bond acceptors (Lipinski definition) is 4. The summed E-state index contributed by atoms with van der Waals surface area (Å²) in [6.07, 6.45) is 0.875. The molecular weight excluding hydrogens is 368 g/mol. The zero-order valence-corrected chi connectivity index (χ0v) is 15.8. The summed E-state index contributed by atoms with van der Waals surface area (Å²) in [5.74, 6) is 0.771. The fourth-order valence-corrected chi connectivity index (χ4v) is 4.23. The molecular formula is C19H23F2N5O2. The van der Waals surface area contributed by atoms with Crippen LogP contribution in [-0.2, 0) is 24.3 Å². The summed E-state index contributed by atoms with van der Waals surface area (Å²) in [5.41, 5.74) is 0.961. The number of aromatic nitrogens is 4. The molecule has 9 heteroatoms. The van der Waals surface area contributed by atoms with Gasteiger partial charge in [-0.1, -0.05) is 0 Å². The molecule has 0 aromatic carbocycles. The zero-order chi connectivity index (χ0) is 19.8. The van der Waals surface area contributed by atoms with Crippen molar-refractivity contribution in [2.75, 3.05) is 13.1 Å². The second-order valence-electron chi connectivity index (χ2n) is 7.54. The van der Waals surface area contributed by atoms with Crippen molar-refractivity contribution in [1.29, 1.82) is 0 Å². The molecule has 2 aliphatic heterocycles. The molecule has 2 aliphatic rings. The van der Waals surface area contributed by atoms with Crippen molar-refractivity contribution in [2.24, 2.45) is 0 Å². The second kappa shape index (κ2) is 7.44. The number of rotatable bonds is 4. The van der Waals surface area contributed by atoms with Gasteiger partial charge in [-0.3, -0.25) is 14.3 Å². The van der Waals surface area contributed by atoms with E-state index in [2.05, 4.69) is 14.6 Å². The van der Waals surface area contributed by atoms with Crippen molar-refractivity contribution >= 4 is 5.91 Å². The minimum atomic E-state index is -2.65. The quantitative estimate of drug-likeness (QED) is 0.800. The SMILES string of the molecule is Cc1cc(C(F)F)nn1CC(=O)N1CCC[C@@H](c2cc(=O)nc3n2CCC3)C1. The van der Waals surface area contributed by atoms with Crippen LogP contribution in [0.4, 0.5) is 8.78 Å². The summed E-state index contributed by atoms with van der Waals surface area (Å²) < 4.78 is 29.1. The molecule has 1 saturated heterocycles. The highest BCUT2D eigenvalue weighted by Gasteiger charge is 2.29. The third kappa shape index (κ3) is 3.57. The molecule has 0 N–H and O–H groups in total. The summed E-state index contributed by atoms with van der Waals surface area (Å²) in [7, 11) is 0. The van der Waals surface area contributed by atoms with Crippen molar-refractivity contribution in [3.63, 3.8) is 0 Å². The van der Waals surface area contributed by atoms with Crippen LogP contribution in [0.3, 0.4) is 0 Å². The molecule has 1 amide bonds. The van der Waals surface area contributed by atoms with Gasteiger partial charge in [0.05, 0.1) is 0 Å². The monoisotopic (exact) mass is 391 g/mol. The topological polar surface area (TPSA) is 73.0 Å². The van der Waals surface area contributed by atoms with E-state index in [1.165, 1.54) is 10.7 Å². The molecule has 0 spiro atoms. The minimum Gasteiger partial charge on any atom is -0.340 e. The molecule has 0 unspecified atom stereocenters. The van der Waals surface area contributed by atoms with Crippen molar-refractivity contribution in [2.45, 2.75) is 58.0 Å². The zero-order valence-electron chi connectivity index (χ0n) is 15.8. The number of fused-ring (bicyclic) bond motifs is 1. The third-order valence-corrected chi connectivity index (χ3v) is 5.62. The Hall–Kier alpha value is -2.58. The number of alkyl halides is 2.